The molecule has 0 saturated carbocycles. The average Bonchev–Trinajstić information content (AvgIpc) is 3.27. The number of rotatable bonds is 4. The number of halogens is 1. The number of carboxylic acids is 1. The highest BCUT2D eigenvalue weighted by atomic mass is 32.2. The molecule has 2 heterocycles. The van der Waals surface area contributed by atoms with E-state index in [0.29, 0.717) is 14.9 Å². The number of amides is 1. The van der Waals surface area contributed by atoms with E-state index >= 15 is 0 Å². The summed E-state index contributed by atoms with van der Waals surface area (Å²) in [7, 11) is 0. The van der Waals surface area contributed by atoms with Gasteiger partial charge in [-0.1, -0.05) is 30.0 Å². The highest BCUT2D eigenvalue weighted by molar-refractivity contribution is 8.27. The molecule has 144 valence electrons. The van der Waals surface area contributed by atoms with Crippen molar-refractivity contribution in [2.24, 2.45) is 0 Å². The smallest absolute Gasteiger partial charge is 0.335 e. The summed E-state index contributed by atoms with van der Waals surface area (Å²) >= 11 is 6.50. The second-order valence-electron chi connectivity index (χ2n) is 6.15. The zero-order chi connectivity index (χ0) is 20.5. The van der Waals surface area contributed by atoms with E-state index in [-0.39, 0.29) is 17.3 Å². The van der Waals surface area contributed by atoms with Crippen molar-refractivity contribution in [2.45, 2.75) is 0 Å². The first-order valence-electron chi connectivity index (χ1n) is 8.48. The fourth-order valence-electron chi connectivity index (χ4n) is 2.95. The lowest BCUT2D eigenvalue weighted by Gasteiger charge is -2.14. The van der Waals surface area contributed by atoms with Crippen LogP contribution in [0.5, 0.6) is 0 Å². The van der Waals surface area contributed by atoms with Crippen molar-refractivity contribution in [2.75, 3.05) is 4.90 Å². The summed E-state index contributed by atoms with van der Waals surface area (Å²) in [5.74, 6) is -1.73. The Morgan fingerprint density at radius 3 is 2.55 bits per heavy atom. The molecule has 2 aromatic carbocycles. The van der Waals surface area contributed by atoms with E-state index in [1.54, 1.807) is 30.3 Å². The molecule has 1 amide bonds. The molecular formula is C21H13FN2O3S2. The van der Waals surface area contributed by atoms with Crippen molar-refractivity contribution in [1.29, 1.82) is 0 Å². The maximum Gasteiger partial charge on any atom is 0.335 e. The molecule has 0 aliphatic carbocycles. The standard InChI is InChI=1S/C21H13FN2O3S2/c22-14-6-8-15(9-7-14)23-10-2-5-16(23)12-18-19(25)24(21(28)29-18)17-4-1-3-13(11-17)20(26)27/h1-12H,(H,26,27)/b18-12-. The van der Waals surface area contributed by atoms with Gasteiger partial charge in [-0.25, -0.2) is 9.18 Å². The number of hydrogen-bond donors (Lipinski definition) is 1. The number of thiocarbonyl (C=S) groups is 1. The number of aromatic carboxylic acids is 1. The maximum atomic E-state index is 13.2. The molecule has 29 heavy (non-hydrogen) atoms. The second-order valence-corrected chi connectivity index (χ2v) is 7.83. The van der Waals surface area contributed by atoms with Gasteiger partial charge in [-0.05, 0) is 60.7 Å². The Morgan fingerprint density at radius 1 is 1.07 bits per heavy atom. The van der Waals surface area contributed by atoms with Crippen LogP contribution in [0.1, 0.15) is 16.1 Å². The minimum Gasteiger partial charge on any atom is -0.478 e. The van der Waals surface area contributed by atoms with Gasteiger partial charge in [0.2, 0.25) is 0 Å². The van der Waals surface area contributed by atoms with Crippen LogP contribution in [-0.2, 0) is 4.79 Å². The summed E-state index contributed by atoms with van der Waals surface area (Å²) in [6.45, 7) is 0. The average molecular weight is 424 g/mol. The Labute approximate surface area is 175 Å². The van der Waals surface area contributed by atoms with E-state index in [4.69, 9.17) is 12.2 Å². The monoisotopic (exact) mass is 424 g/mol. The SMILES string of the molecule is O=C(O)c1cccc(N2C(=O)/C(=C/c3cccn3-c3ccc(F)cc3)SC2=S)c1. The highest BCUT2D eigenvalue weighted by Gasteiger charge is 2.33. The quantitative estimate of drug-likeness (QED) is 0.485. The summed E-state index contributed by atoms with van der Waals surface area (Å²) in [4.78, 5) is 25.9. The normalized spacial score (nSPS) is 15.3. The van der Waals surface area contributed by atoms with Gasteiger partial charge in [0.1, 0.15) is 5.82 Å². The summed E-state index contributed by atoms with van der Waals surface area (Å²) in [6, 6.07) is 15.8. The molecule has 5 nitrogen and oxygen atoms in total. The third kappa shape index (κ3) is 3.72. The van der Waals surface area contributed by atoms with E-state index in [9.17, 15) is 19.1 Å². The molecule has 1 fully saturated rings. The van der Waals surface area contributed by atoms with Crippen LogP contribution in [0.25, 0.3) is 11.8 Å². The molecule has 0 unspecified atom stereocenters. The number of hydrogen-bond acceptors (Lipinski definition) is 4. The predicted octanol–water partition coefficient (Wildman–Crippen LogP) is 4.72. The van der Waals surface area contributed by atoms with Crippen molar-refractivity contribution in [1.82, 2.24) is 4.57 Å². The maximum absolute atomic E-state index is 13.2. The number of carbonyl (C=O) groups is 2. The predicted molar refractivity (Wildman–Crippen MR) is 115 cm³/mol. The topological polar surface area (TPSA) is 62.5 Å². The van der Waals surface area contributed by atoms with Gasteiger partial charge < -0.3 is 9.67 Å². The molecule has 8 heteroatoms. The van der Waals surface area contributed by atoms with Crippen LogP contribution in [0, 0.1) is 5.82 Å². The third-order valence-electron chi connectivity index (χ3n) is 4.31. The minimum atomic E-state index is -1.08. The van der Waals surface area contributed by atoms with Crippen molar-refractivity contribution >= 4 is 51.9 Å². The van der Waals surface area contributed by atoms with Gasteiger partial charge in [0, 0.05) is 17.6 Å². The Morgan fingerprint density at radius 2 is 1.83 bits per heavy atom. The first-order chi connectivity index (χ1) is 13.9. The van der Waals surface area contributed by atoms with Crippen LogP contribution >= 0.6 is 24.0 Å². The molecule has 1 aliphatic rings. The number of carboxylic acid groups (broad SMARTS) is 1. The van der Waals surface area contributed by atoms with Crippen LogP contribution < -0.4 is 4.90 Å². The van der Waals surface area contributed by atoms with Crippen LogP contribution in [0.2, 0.25) is 0 Å². The molecule has 0 atom stereocenters. The molecule has 4 rings (SSSR count). The van der Waals surface area contributed by atoms with E-state index in [1.807, 2.05) is 22.9 Å². The number of benzene rings is 2. The van der Waals surface area contributed by atoms with Crippen LogP contribution in [0.3, 0.4) is 0 Å². The lowest BCUT2D eigenvalue weighted by molar-refractivity contribution is -0.113. The number of nitrogens with zero attached hydrogens (tertiary/aromatic N) is 2. The van der Waals surface area contributed by atoms with Crippen molar-refractivity contribution in [3.63, 3.8) is 0 Å². The molecule has 0 radical (unpaired) electrons. The fraction of sp³-hybridized carbons (Fsp3) is 0. The van der Waals surface area contributed by atoms with Crippen LogP contribution in [0.15, 0.2) is 71.8 Å². The molecule has 0 spiro atoms. The van der Waals surface area contributed by atoms with Gasteiger partial charge >= 0.3 is 5.97 Å². The van der Waals surface area contributed by atoms with E-state index < -0.39 is 5.97 Å². The van der Waals surface area contributed by atoms with Gasteiger partial charge in [0.25, 0.3) is 5.91 Å². The van der Waals surface area contributed by atoms with E-state index in [1.165, 1.54) is 29.2 Å². The Kier molecular flexibility index (Phi) is 5.04. The summed E-state index contributed by atoms with van der Waals surface area (Å²) in [6.07, 6.45) is 3.53. The van der Waals surface area contributed by atoms with E-state index in [0.717, 1.165) is 23.1 Å². The van der Waals surface area contributed by atoms with Crippen LogP contribution in [-0.4, -0.2) is 25.9 Å². The molecular weight excluding hydrogens is 411 g/mol. The van der Waals surface area contributed by atoms with Crippen molar-refractivity contribution in [3.8, 4) is 5.69 Å². The number of aromatic nitrogens is 1. The molecule has 0 bridgehead atoms. The van der Waals surface area contributed by atoms with Gasteiger partial charge in [-0.15, -0.1) is 0 Å². The lowest BCUT2D eigenvalue weighted by atomic mass is 10.2. The molecule has 1 N–H and O–H groups in total. The van der Waals surface area contributed by atoms with Gasteiger partial charge in [-0.2, -0.15) is 0 Å². The summed E-state index contributed by atoms with van der Waals surface area (Å²) in [5.41, 5.74) is 1.97. The fourth-order valence-corrected chi connectivity index (χ4v) is 4.23. The summed E-state index contributed by atoms with van der Waals surface area (Å²) < 4.78 is 15.4. The Hall–Kier alpha value is -3.23. The number of thioether (sulfide) groups is 1. The zero-order valence-corrected chi connectivity index (χ0v) is 16.4. The van der Waals surface area contributed by atoms with Crippen LogP contribution in [0.4, 0.5) is 10.1 Å². The van der Waals surface area contributed by atoms with Gasteiger partial charge in [-0.3, -0.25) is 9.69 Å². The lowest BCUT2D eigenvalue weighted by Crippen LogP contribution is -2.27. The first kappa shape index (κ1) is 19.1. The molecule has 1 aromatic heterocycles. The Balaban J connectivity index is 1.67. The zero-order valence-electron chi connectivity index (χ0n) is 14.8. The molecule has 1 aliphatic heterocycles. The minimum absolute atomic E-state index is 0.0747. The number of anilines is 1. The van der Waals surface area contributed by atoms with Gasteiger partial charge in [0.15, 0.2) is 4.32 Å². The van der Waals surface area contributed by atoms with Gasteiger partial charge in [0.05, 0.1) is 16.2 Å². The number of carbonyl (C=O) groups excluding carboxylic acids is 1. The van der Waals surface area contributed by atoms with Crippen molar-refractivity contribution in [3.05, 3.63) is 88.8 Å². The molecule has 3 aromatic rings. The van der Waals surface area contributed by atoms with E-state index in [2.05, 4.69) is 0 Å². The first-order valence-corrected chi connectivity index (χ1v) is 9.71. The second kappa shape index (κ2) is 7.65. The third-order valence-corrected chi connectivity index (χ3v) is 5.61. The van der Waals surface area contributed by atoms with Crippen molar-refractivity contribution < 1.29 is 19.1 Å². The summed E-state index contributed by atoms with van der Waals surface area (Å²) in [5, 5.41) is 9.18. The highest BCUT2D eigenvalue weighted by Crippen LogP contribution is 2.36. The largest absolute Gasteiger partial charge is 0.478 e. The molecule has 1 saturated heterocycles. The Bertz CT molecular complexity index is 1170.